The fourth-order valence-corrected chi connectivity index (χ4v) is 3.56. The number of hydrogen-bond donors (Lipinski definition) is 1. The third kappa shape index (κ3) is 4.72. The topological polar surface area (TPSA) is 119 Å². The van der Waals surface area contributed by atoms with Gasteiger partial charge >= 0.3 is 5.97 Å². The van der Waals surface area contributed by atoms with Gasteiger partial charge in [-0.25, -0.2) is 4.79 Å². The molecule has 1 heterocycles. The summed E-state index contributed by atoms with van der Waals surface area (Å²) in [4.78, 5) is 47.8. The van der Waals surface area contributed by atoms with Crippen LogP contribution in [0.3, 0.4) is 0 Å². The normalized spacial score (nSPS) is 16.0. The number of imide groups is 1. The average Bonchev–Trinajstić information content (AvgIpc) is 2.96. The first kappa shape index (κ1) is 20.3. The minimum absolute atomic E-state index is 0.0304. The Kier molecular flexibility index (Phi) is 6.13. The van der Waals surface area contributed by atoms with Crippen LogP contribution in [-0.2, 0) is 16.1 Å². The van der Waals surface area contributed by atoms with Crippen molar-refractivity contribution in [2.24, 2.45) is 0 Å². The van der Waals surface area contributed by atoms with Crippen molar-refractivity contribution in [2.75, 3.05) is 11.9 Å². The molecule has 2 aromatic rings. The summed E-state index contributed by atoms with van der Waals surface area (Å²) < 4.78 is 4.92. The number of carbonyl (C=O) groups is 3. The molecule has 1 fully saturated rings. The molecule has 10 heteroatoms. The smallest absolute Gasteiger partial charge is 0.338 e. The van der Waals surface area contributed by atoms with Gasteiger partial charge in [-0.05, 0) is 48.5 Å². The highest BCUT2D eigenvalue weighted by Gasteiger charge is 2.39. The van der Waals surface area contributed by atoms with Crippen LogP contribution >= 0.6 is 11.8 Å². The van der Waals surface area contributed by atoms with Crippen LogP contribution in [0.5, 0.6) is 0 Å². The maximum atomic E-state index is 12.6. The number of nitro benzene ring substituents is 1. The number of thioether (sulfide) groups is 1. The zero-order valence-electron chi connectivity index (χ0n) is 15.4. The van der Waals surface area contributed by atoms with E-state index >= 15 is 0 Å². The van der Waals surface area contributed by atoms with Gasteiger partial charge in [0.15, 0.2) is 5.37 Å². The number of carbonyl (C=O) groups excluding carboxylic acids is 3. The van der Waals surface area contributed by atoms with E-state index in [1.54, 1.807) is 31.2 Å². The predicted octanol–water partition coefficient (Wildman–Crippen LogP) is 3.41. The summed E-state index contributed by atoms with van der Waals surface area (Å²) >= 11 is 0.849. The molecular formula is C19H17N3O6S. The van der Waals surface area contributed by atoms with Gasteiger partial charge in [-0.15, -0.1) is 0 Å². The van der Waals surface area contributed by atoms with Crippen LogP contribution in [0, 0.1) is 10.1 Å². The minimum Gasteiger partial charge on any atom is -0.462 e. The van der Waals surface area contributed by atoms with Crippen LogP contribution < -0.4 is 5.32 Å². The second kappa shape index (κ2) is 8.74. The summed E-state index contributed by atoms with van der Waals surface area (Å²) in [6.07, 6.45) is 0. The summed E-state index contributed by atoms with van der Waals surface area (Å²) in [5.74, 6) is -0.845. The van der Waals surface area contributed by atoms with E-state index in [-0.39, 0.29) is 18.8 Å². The van der Waals surface area contributed by atoms with E-state index in [1.807, 2.05) is 0 Å². The van der Waals surface area contributed by atoms with Crippen LogP contribution in [0.15, 0.2) is 48.5 Å². The van der Waals surface area contributed by atoms with E-state index in [0.29, 0.717) is 16.8 Å². The SMILES string of the molecule is CCOC(=O)c1ccc(N[C@@H]2SC(=O)N(Cc3ccc([N+](=O)[O-])cc3)C2=O)cc1. The van der Waals surface area contributed by atoms with Gasteiger partial charge in [-0.1, -0.05) is 12.1 Å². The van der Waals surface area contributed by atoms with E-state index in [2.05, 4.69) is 5.32 Å². The maximum absolute atomic E-state index is 12.6. The summed E-state index contributed by atoms with van der Waals surface area (Å²) in [5.41, 5.74) is 1.51. The van der Waals surface area contributed by atoms with Gasteiger partial charge in [0.2, 0.25) is 0 Å². The van der Waals surface area contributed by atoms with Crippen molar-refractivity contribution < 1.29 is 24.0 Å². The molecule has 150 valence electrons. The number of benzene rings is 2. The summed E-state index contributed by atoms with van der Waals surface area (Å²) in [6.45, 7) is 2.03. The predicted molar refractivity (Wildman–Crippen MR) is 106 cm³/mol. The van der Waals surface area contributed by atoms with Crippen molar-refractivity contribution in [2.45, 2.75) is 18.8 Å². The Morgan fingerprint density at radius 3 is 2.41 bits per heavy atom. The molecule has 0 spiro atoms. The Morgan fingerprint density at radius 2 is 1.83 bits per heavy atom. The third-order valence-corrected chi connectivity index (χ3v) is 5.09. The number of non-ortho nitro benzene ring substituents is 1. The fraction of sp³-hybridized carbons (Fsp3) is 0.211. The molecule has 0 radical (unpaired) electrons. The highest BCUT2D eigenvalue weighted by atomic mass is 32.2. The summed E-state index contributed by atoms with van der Waals surface area (Å²) in [7, 11) is 0. The number of nitrogens with zero attached hydrogens (tertiary/aromatic N) is 2. The molecule has 0 aromatic heterocycles. The standard InChI is InChI=1S/C19H17N3O6S/c1-2-28-18(24)13-5-7-14(8-6-13)20-16-17(23)21(19(25)29-16)11-12-3-9-15(10-4-12)22(26)27/h3-10,16,20H,2,11H2,1H3/t16-/m1/s1. The van der Waals surface area contributed by atoms with Crippen molar-refractivity contribution in [1.82, 2.24) is 4.90 Å². The first-order valence-electron chi connectivity index (χ1n) is 8.68. The lowest BCUT2D eigenvalue weighted by atomic mass is 10.2. The Morgan fingerprint density at radius 1 is 1.17 bits per heavy atom. The molecule has 3 rings (SSSR count). The molecule has 0 unspecified atom stereocenters. The number of ether oxygens (including phenoxy) is 1. The van der Waals surface area contributed by atoms with Gasteiger partial charge in [0.1, 0.15) is 0 Å². The van der Waals surface area contributed by atoms with Crippen LogP contribution in [0.25, 0.3) is 0 Å². The Balaban J connectivity index is 1.64. The molecular weight excluding hydrogens is 398 g/mol. The van der Waals surface area contributed by atoms with Gasteiger partial charge in [0, 0.05) is 17.8 Å². The van der Waals surface area contributed by atoms with E-state index in [4.69, 9.17) is 4.74 Å². The quantitative estimate of drug-likeness (QED) is 0.415. The van der Waals surface area contributed by atoms with E-state index < -0.39 is 27.4 Å². The number of esters is 1. The fourth-order valence-electron chi connectivity index (χ4n) is 2.65. The molecule has 29 heavy (non-hydrogen) atoms. The zero-order valence-corrected chi connectivity index (χ0v) is 16.2. The number of amides is 2. The molecule has 1 N–H and O–H groups in total. The highest BCUT2D eigenvalue weighted by Crippen LogP contribution is 2.30. The van der Waals surface area contributed by atoms with Gasteiger partial charge < -0.3 is 10.1 Å². The Bertz CT molecular complexity index is 945. The first-order chi connectivity index (χ1) is 13.9. The van der Waals surface area contributed by atoms with Crippen molar-refractivity contribution in [1.29, 1.82) is 0 Å². The van der Waals surface area contributed by atoms with E-state index in [0.717, 1.165) is 16.7 Å². The monoisotopic (exact) mass is 415 g/mol. The Labute approximate surface area is 170 Å². The highest BCUT2D eigenvalue weighted by molar-refractivity contribution is 8.15. The van der Waals surface area contributed by atoms with Gasteiger partial charge in [0.25, 0.3) is 16.8 Å². The van der Waals surface area contributed by atoms with Crippen LogP contribution in [0.2, 0.25) is 0 Å². The molecule has 0 saturated carbocycles. The molecule has 0 aliphatic carbocycles. The number of rotatable bonds is 7. The molecule has 9 nitrogen and oxygen atoms in total. The summed E-state index contributed by atoms with van der Waals surface area (Å²) in [6, 6.07) is 12.1. The number of anilines is 1. The first-order valence-corrected chi connectivity index (χ1v) is 9.56. The lowest BCUT2D eigenvalue weighted by Gasteiger charge is -2.15. The van der Waals surface area contributed by atoms with Gasteiger partial charge in [-0.2, -0.15) is 0 Å². The van der Waals surface area contributed by atoms with E-state index in [1.165, 1.54) is 24.3 Å². The number of hydrogen-bond acceptors (Lipinski definition) is 8. The molecule has 1 aliphatic heterocycles. The molecule has 1 atom stereocenters. The van der Waals surface area contributed by atoms with Crippen LogP contribution in [-0.4, -0.2) is 38.9 Å². The maximum Gasteiger partial charge on any atom is 0.338 e. The van der Waals surface area contributed by atoms with Crippen LogP contribution in [0.4, 0.5) is 16.2 Å². The molecule has 1 saturated heterocycles. The Hall–Kier alpha value is -3.40. The molecule has 1 aliphatic rings. The zero-order chi connectivity index (χ0) is 21.0. The average molecular weight is 415 g/mol. The minimum atomic E-state index is -0.797. The molecule has 0 bridgehead atoms. The lowest BCUT2D eigenvalue weighted by molar-refractivity contribution is -0.384. The number of nitrogens with one attached hydrogen (secondary N) is 1. The van der Waals surface area contributed by atoms with Gasteiger partial charge in [-0.3, -0.25) is 24.6 Å². The summed E-state index contributed by atoms with van der Waals surface area (Å²) in [5, 5.41) is 12.5. The second-order valence-corrected chi connectivity index (χ2v) is 7.11. The van der Waals surface area contributed by atoms with Crippen LogP contribution in [0.1, 0.15) is 22.8 Å². The molecule has 2 aromatic carbocycles. The number of nitro groups is 1. The van der Waals surface area contributed by atoms with Crippen molar-refractivity contribution in [3.8, 4) is 0 Å². The van der Waals surface area contributed by atoms with Crippen molar-refractivity contribution in [3.63, 3.8) is 0 Å². The van der Waals surface area contributed by atoms with Crippen molar-refractivity contribution >= 4 is 40.3 Å². The lowest BCUT2D eigenvalue weighted by Crippen LogP contribution is -2.33. The largest absolute Gasteiger partial charge is 0.462 e. The van der Waals surface area contributed by atoms with Crippen molar-refractivity contribution in [3.05, 3.63) is 69.8 Å². The second-order valence-electron chi connectivity index (χ2n) is 6.05. The van der Waals surface area contributed by atoms with E-state index in [9.17, 15) is 24.5 Å². The van der Waals surface area contributed by atoms with Gasteiger partial charge in [0.05, 0.1) is 23.6 Å². The molecule has 2 amide bonds. The third-order valence-electron chi connectivity index (χ3n) is 4.11.